The van der Waals surface area contributed by atoms with Crippen LogP contribution in [0.2, 0.25) is 0 Å². The third kappa shape index (κ3) is 2.37. The Morgan fingerprint density at radius 3 is 2.57 bits per heavy atom. The minimum atomic E-state index is 0.0834. The maximum atomic E-state index is 13.3. The van der Waals surface area contributed by atoms with Gasteiger partial charge in [0.1, 0.15) is 5.69 Å². The molecule has 3 unspecified atom stereocenters. The Kier molecular flexibility index (Phi) is 3.49. The van der Waals surface area contributed by atoms with Gasteiger partial charge in [-0.15, -0.1) is 0 Å². The molecule has 0 radical (unpaired) electrons. The van der Waals surface area contributed by atoms with Crippen LogP contribution in [0.3, 0.4) is 0 Å². The van der Waals surface area contributed by atoms with Gasteiger partial charge in [-0.05, 0) is 42.7 Å². The third-order valence-electron chi connectivity index (χ3n) is 6.87. The van der Waals surface area contributed by atoms with Crippen LogP contribution < -0.4 is 5.56 Å². The third-order valence-corrected chi connectivity index (χ3v) is 6.87. The highest BCUT2D eigenvalue weighted by Gasteiger charge is 2.42. The molecule has 0 N–H and O–H groups in total. The van der Waals surface area contributed by atoms with Crippen molar-refractivity contribution in [2.24, 2.45) is 11.8 Å². The Morgan fingerprint density at radius 2 is 1.79 bits per heavy atom. The Labute approximate surface area is 163 Å². The summed E-state index contributed by atoms with van der Waals surface area (Å²) >= 11 is 0. The smallest absolute Gasteiger partial charge is 0.278 e. The monoisotopic (exact) mass is 369 g/mol. The number of pyridine rings is 1. The summed E-state index contributed by atoms with van der Waals surface area (Å²) in [7, 11) is 0. The van der Waals surface area contributed by atoms with Gasteiger partial charge in [0.15, 0.2) is 0 Å². The first-order chi connectivity index (χ1) is 13.8. The van der Waals surface area contributed by atoms with Gasteiger partial charge in [0, 0.05) is 18.1 Å². The second kappa shape index (κ2) is 6.06. The first-order valence-electron chi connectivity index (χ1n) is 10.3. The van der Waals surface area contributed by atoms with Crippen molar-refractivity contribution in [1.29, 1.82) is 0 Å². The number of nitrogens with zero attached hydrogens (tertiary/aromatic N) is 3. The van der Waals surface area contributed by atoms with Gasteiger partial charge in [-0.25, -0.2) is 4.68 Å². The van der Waals surface area contributed by atoms with Gasteiger partial charge in [0.2, 0.25) is 0 Å². The molecular weight excluding hydrogens is 346 g/mol. The fourth-order valence-corrected chi connectivity index (χ4v) is 5.54. The van der Waals surface area contributed by atoms with E-state index in [1.165, 1.54) is 24.8 Å². The molecule has 3 atom stereocenters. The highest BCUT2D eigenvalue weighted by Crippen LogP contribution is 2.50. The molecule has 4 nitrogen and oxygen atoms in total. The normalized spacial score (nSPS) is 23.8. The maximum Gasteiger partial charge on any atom is 0.278 e. The van der Waals surface area contributed by atoms with Gasteiger partial charge in [-0.2, -0.15) is 5.10 Å². The molecule has 28 heavy (non-hydrogen) atoms. The molecule has 2 saturated carbocycles. The van der Waals surface area contributed by atoms with Crippen LogP contribution in [0.25, 0.3) is 22.2 Å². The van der Waals surface area contributed by atoms with Crippen LogP contribution in [0.4, 0.5) is 0 Å². The van der Waals surface area contributed by atoms with Crippen LogP contribution in [0.15, 0.2) is 65.6 Å². The van der Waals surface area contributed by atoms with Crippen molar-refractivity contribution < 1.29 is 0 Å². The van der Waals surface area contributed by atoms with Crippen molar-refractivity contribution in [2.75, 3.05) is 0 Å². The van der Waals surface area contributed by atoms with E-state index in [4.69, 9.17) is 5.10 Å². The van der Waals surface area contributed by atoms with Gasteiger partial charge < -0.3 is 4.57 Å². The quantitative estimate of drug-likeness (QED) is 0.525. The lowest BCUT2D eigenvalue weighted by Gasteiger charge is -2.20. The molecule has 4 heteroatoms. The van der Waals surface area contributed by atoms with E-state index in [9.17, 15) is 4.79 Å². The minimum absolute atomic E-state index is 0.0834. The van der Waals surface area contributed by atoms with E-state index in [0.717, 1.165) is 41.0 Å². The minimum Gasteiger partial charge on any atom is -0.342 e. The second-order valence-corrected chi connectivity index (χ2v) is 8.51. The Morgan fingerprint density at radius 1 is 0.964 bits per heavy atom. The summed E-state index contributed by atoms with van der Waals surface area (Å²) in [4.78, 5) is 13.3. The van der Waals surface area contributed by atoms with Gasteiger partial charge in [0.05, 0.1) is 17.1 Å². The molecule has 4 aliphatic rings. The molecule has 140 valence electrons. The largest absolute Gasteiger partial charge is 0.342 e. The SMILES string of the molecule is O=c1c2cn(Cc3ccccc3)c3ccccc3c-2nn1C1CC2CCC1C2. The average Bonchev–Trinajstić information content (AvgIpc) is 3.44. The number of para-hydroxylation sites is 1. The van der Waals surface area contributed by atoms with Crippen molar-refractivity contribution in [3.05, 3.63) is 76.7 Å². The summed E-state index contributed by atoms with van der Waals surface area (Å²) in [5, 5.41) is 5.94. The van der Waals surface area contributed by atoms with E-state index in [0.29, 0.717) is 12.0 Å². The first kappa shape index (κ1) is 16.1. The first-order valence-corrected chi connectivity index (χ1v) is 10.3. The van der Waals surface area contributed by atoms with Crippen molar-refractivity contribution in [2.45, 2.75) is 38.3 Å². The summed E-state index contributed by atoms with van der Waals surface area (Å²) in [5.74, 6) is 1.43. The Bertz CT molecular complexity index is 1190. The van der Waals surface area contributed by atoms with Crippen LogP contribution in [0.5, 0.6) is 0 Å². The summed E-state index contributed by atoms with van der Waals surface area (Å²) < 4.78 is 4.02. The lowest BCUT2D eigenvalue weighted by Crippen LogP contribution is -2.26. The Balaban J connectivity index is 1.54. The molecule has 2 heterocycles. The van der Waals surface area contributed by atoms with E-state index >= 15 is 0 Å². The molecule has 0 saturated heterocycles. The summed E-state index contributed by atoms with van der Waals surface area (Å²) in [5.41, 5.74) is 4.03. The van der Waals surface area contributed by atoms with Crippen LogP contribution in [0, 0.1) is 11.8 Å². The standard InChI is InChI=1S/C24H23N3O/c28-24-20-15-26(14-16-6-2-1-3-7-16)21-9-5-4-8-19(21)23(20)25-27(24)22-13-17-10-11-18(22)12-17/h1-9,15,17-18,22H,10-14H2. The molecule has 0 spiro atoms. The number of benzene rings is 2. The average molecular weight is 369 g/mol. The zero-order valence-corrected chi connectivity index (χ0v) is 15.8. The molecular formula is C24H23N3O. The zero-order valence-electron chi connectivity index (χ0n) is 15.8. The molecule has 2 aliphatic heterocycles. The summed E-state index contributed by atoms with van der Waals surface area (Å²) in [6, 6.07) is 19.0. The number of aromatic nitrogens is 3. The molecule has 2 aromatic rings. The molecule has 2 aliphatic carbocycles. The van der Waals surface area contributed by atoms with Crippen LogP contribution in [-0.4, -0.2) is 14.3 Å². The van der Waals surface area contributed by atoms with Crippen molar-refractivity contribution in [3.63, 3.8) is 0 Å². The topological polar surface area (TPSA) is 39.8 Å². The van der Waals surface area contributed by atoms with E-state index in [1.807, 2.05) is 23.0 Å². The van der Waals surface area contributed by atoms with E-state index in [2.05, 4.69) is 47.0 Å². The highest BCUT2D eigenvalue weighted by molar-refractivity contribution is 5.93. The number of fused-ring (bicyclic) bond motifs is 5. The maximum absolute atomic E-state index is 13.3. The molecule has 2 bridgehead atoms. The summed E-state index contributed by atoms with van der Waals surface area (Å²) in [6.45, 7) is 0.746. The van der Waals surface area contributed by atoms with Crippen molar-refractivity contribution >= 4 is 10.9 Å². The molecule has 2 aromatic carbocycles. The molecule has 0 amide bonds. The summed E-state index contributed by atoms with van der Waals surface area (Å²) in [6.07, 6.45) is 6.99. The second-order valence-electron chi connectivity index (χ2n) is 8.51. The molecule has 2 fully saturated rings. The van der Waals surface area contributed by atoms with E-state index in [1.54, 1.807) is 0 Å². The number of hydrogen-bond donors (Lipinski definition) is 0. The van der Waals surface area contributed by atoms with Gasteiger partial charge in [-0.1, -0.05) is 55.0 Å². The zero-order chi connectivity index (χ0) is 18.7. The van der Waals surface area contributed by atoms with E-state index < -0.39 is 0 Å². The predicted octanol–water partition coefficient (Wildman–Crippen LogP) is 4.71. The van der Waals surface area contributed by atoms with Gasteiger partial charge in [0.25, 0.3) is 5.56 Å². The van der Waals surface area contributed by atoms with Crippen LogP contribution in [0.1, 0.15) is 37.3 Å². The molecule has 0 aromatic heterocycles. The van der Waals surface area contributed by atoms with Crippen molar-refractivity contribution in [3.8, 4) is 11.3 Å². The fraction of sp³-hybridized carbons (Fsp3) is 0.333. The van der Waals surface area contributed by atoms with Gasteiger partial charge in [-0.3, -0.25) is 4.79 Å². The van der Waals surface area contributed by atoms with Crippen molar-refractivity contribution in [1.82, 2.24) is 14.3 Å². The van der Waals surface area contributed by atoms with Crippen LogP contribution >= 0.6 is 0 Å². The Hall–Kier alpha value is -2.88. The number of hydrogen-bond acceptors (Lipinski definition) is 2. The van der Waals surface area contributed by atoms with E-state index in [-0.39, 0.29) is 5.56 Å². The van der Waals surface area contributed by atoms with Gasteiger partial charge >= 0.3 is 0 Å². The lowest BCUT2D eigenvalue weighted by molar-refractivity contribution is 0.302. The molecule has 6 rings (SSSR count). The lowest BCUT2D eigenvalue weighted by atomic mass is 9.95. The highest BCUT2D eigenvalue weighted by atomic mass is 16.1. The number of rotatable bonds is 3. The predicted molar refractivity (Wildman–Crippen MR) is 111 cm³/mol. The van der Waals surface area contributed by atoms with Crippen LogP contribution in [-0.2, 0) is 6.54 Å². The fourth-order valence-electron chi connectivity index (χ4n) is 5.54.